The highest BCUT2D eigenvalue weighted by Crippen LogP contribution is 2.16. The van der Waals surface area contributed by atoms with Crippen LogP contribution in [0, 0.1) is 0 Å². The molecule has 0 atom stereocenters. The molecule has 3 heteroatoms. The topological polar surface area (TPSA) is 21.3 Å². The number of aryl methyl sites for hydroxylation is 1. The molecule has 0 saturated carbocycles. The van der Waals surface area contributed by atoms with Crippen LogP contribution in [0.25, 0.3) is 0 Å². The lowest BCUT2D eigenvalue weighted by atomic mass is 10.1. The van der Waals surface area contributed by atoms with Gasteiger partial charge in [0.25, 0.3) is 0 Å². The molecule has 0 radical (unpaired) electrons. The molecule has 1 N–H and O–H groups in total. The summed E-state index contributed by atoms with van der Waals surface area (Å²) in [5.74, 6) is 0.941. The number of benzene rings is 2. The van der Waals surface area contributed by atoms with Crippen LogP contribution in [0.5, 0.6) is 5.75 Å². The van der Waals surface area contributed by atoms with Crippen molar-refractivity contribution in [3.8, 4) is 5.75 Å². The van der Waals surface area contributed by atoms with E-state index in [4.69, 9.17) is 4.74 Å². The molecule has 0 aliphatic heterocycles. The van der Waals surface area contributed by atoms with E-state index in [1.54, 1.807) is 7.11 Å². The van der Waals surface area contributed by atoms with Crippen molar-refractivity contribution in [1.82, 2.24) is 5.32 Å². The fraction of sp³-hybridized carbons (Fsp3) is 0.294. The summed E-state index contributed by atoms with van der Waals surface area (Å²) in [5.41, 5.74) is 3.88. The minimum atomic E-state index is 0. The van der Waals surface area contributed by atoms with Crippen molar-refractivity contribution in [2.75, 3.05) is 7.11 Å². The average Bonchev–Trinajstić information content (AvgIpc) is 2.48. The van der Waals surface area contributed by atoms with Gasteiger partial charge in [-0.3, -0.25) is 0 Å². The third-order valence-electron chi connectivity index (χ3n) is 3.27. The Balaban J connectivity index is 0.00000200. The van der Waals surface area contributed by atoms with Gasteiger partial charge in [0.05, 0.1) is 7.11 Å². The number of hydrogen-bond donors (Lipinski definition) is 1. The minimum Gasteiger partial charge on any atom is -1.00 e. The molecule has 2 aromatic carbocycles. The zero-order valence-corrected chi connectivity index (χ0v) is 12.8. The van der Waals surface area contributed by atoms with Gasteiger partial charge in [0.2, 0.25) is 0 Å². The molecule has 0 unspecified atom stereocenters. The molecule has 0 heterocycles. The third kappa shape index (κ3) is 4.55. The first kappa shape index (κ1) is 16.5. The summed E-state index contributed by atoms with van der Waals surface area (Å²) in [5, 5.41) is 3.45. The fourth-order valence-corrected chi connectivity index (χ4v) is 2.08. The lowest BCUT2D eigenvalue weighted by Gasteiger charge is -2.09. The van der Waals surface area contributed by atoms with Crippen LogP contribution in [0.2, 0.25) is 0 Å². The molecule has 0 saturated heterocycles. The van der Waals surface area contributed by atoms with E-state index >= 15 is 0 Å². The summed E-state index contributed by atoms with van der Waals surface area (Å²) in [6, 6.07) is 16.9. The lowest BCUT2D eigenvalue weighted by Crippen LogP contribution is -3.00. The van der Waals surface area contributed by atoms with Gasteiger partial charge in [0.1, 0.15) is 5.75 Å². The second-order valence-corrected chi connectivity index (χ2v) is 4.59. The first-order chi connectivity index (χ1) is 9.33. The molecule has 108 valence electrons. The van der Waals surface area contributed by atoms with Crippen molar-refractivity contribution in [2.45, 2.75) is 26.4 Å². The third-order valence-corrected chi connectivity index (χ3v) is 3.27. The molecule has 0 amide bonds. The summed E-state index contributed by atoms with van der Waals surface area (Å²) in [7, 11) is 1.71. The van der Waals surface area contributed by atoms with E-state index in [1.165, 1.54) is 16.7 Å². The lowest BCUT2D eigenvalue weighted by molar-refractivity contribution is -0.00000424. The molecule has 0 bridgehead atoms. The van der Waals surface area contributed by atoms with Gasteiger partial charge in [-0.15, -0.1) is 0 Å². The second-order valence-electron chi connectivity index (χ2n) is 4.59. The number of methoxy groups -OCH3 is 1. The van der Waals surface area contributed by atoms with Crippen LogP contribution in [0.3, 0.4) is 0 Å². The fourth-order valence-electron chi connectivity index (χ4n) is 2.08. The van der Waals surface area contributed by atoms with Gasteiger partial charge >= 0.3 is 0 Å². The quantitative estimate of drug-likeness (QED) is 0.839. The van der Waals surface area contributed by atoms with E-state index in [0.717, 1.165) is 25.3 Å². The monoisotopic (exact) mass is 290 g/mol. The summed E-state index contributed by atoms with van der Waals surface area (Å²) >= 11 is 0. The number of ether oxygens (including phenoxy) is 1. The molecule has 20 heavy (non-hydrogen) atoms. The Morgan fingerprint density at radius 1 is 0.900 bits per heavy atom. The SMILES string of the molecule is CCc1ccc(CNCc2ccccc2OC)cc1.[Cl-]. The second kappa shape index (κ2) is 8.62. The van der Waals surface area contributed by atoms with Crippen molar-refractivity contribution in [2.24, 2.45) is 0 Å². The van der Waals surface area contributed by atoms with Crippen LogP contribution in [-0.4, -0.2) is 7.11 Å². The van der Waals surface area contributed by atoms with Crippen molar-refractivity contribution in [3.63, 3.8) is 0 Å². The molecule has 0 fully saturated rings. The molecule has 0 aliphatic carbocycles. The summed E-state index contributed by atoms with van der Waals surface area (Å²) < 4.78 is 5.34. The maximum Gasteiger partial charge on any atom is 0.123 e. The molecular weight excluding hydrogens is 270 g/mol. The van der Waals surface area contributed by atoms with Gasteiger partial charge in [0, 0.05) is 18.7 Å². The van der Waals surface area contributed by atoms with Gasteiger partial charge in [0.15, 0.2) is 0 Å². The van der Waals surface area contributed by atoms with Crippen molar-refractivity contribution >= 4 is 0 Å². The Morgan fingerprint density at radius 2 is 1.55 bits per heavy atom. The van der Waals surface area contributed by atoms with Crippen LogP contribution in [0.4, 0.5) is 0 Å². The normalized spacial score (nSPS) is 9.90. The maximum atomic E-state index is 5.34. The Hall–Kier alpha value is -1.51. The number of hydrogen-bond acceptors (Lipinski definition) is 2. The minimum absolute atomic E-state index is 0. The number of para-hydroxylation sites is 1. The Bertz CT molecular complexity index is 511. The van der Waals surface area contributed by atoms with Crippen LogP contribution in [0.1, 0.15) is 23.6 Å². The summed E-state index contributed by atoms with van der Waals surface area (Å²) in [6.45, 7) is 3.87. The van der Waals surface area contributed by atoms with Gasteiger partial charge in [-0.05, 0) is 23.6 Å². The van der Waals surface area contributed by atoms with Crippen molar-refractivity contribution in [1.29, 1.82) is 0 Å². The maximum absolute atomic E-state index is 5.34. The molecule has 2 nitrogen and oxygen atoms in total. The van der Waals surface area contributed by atoms with E-state index in [-0.39, 0.29) is 12.4 Å². The van der Waals surface area contributed by atoms with E-state index in [9.17, 15) is 0 Å². The number of halogens is 1. The summed E-state index contributed by atoms with van der Waals surface area (Å²) in [4.78, 5) is 0. The molecular formula is C17H21ClNO-. The largest absolute Gasteiger partial charge is 1.00 e. The standard InChI is InChI=1S/C17H21NO.ClH/c1-3-14-8-10-15(11-9-14)12-18-13-16-6-4-5-7-17(16)19-2;/h4-11,18H,3,12-13H2,1-2H3;1H/p-1. The Morgan fingerprint density at radius 3 is 2.20 bits per heavy atom. The molecule has 2 aromatic rings. The zero-order valence-electron chi connectivity index (χ0n) is 12.0. The first-order valence-electron chi connectivity index (χ1n) is 6.74. The van der Waals surface area contributed by atoms with Crippen molar-refractivity contribution in [3.05, 3.63) is 65.2 Å². The predicted molar refractivity (Wildman–Crippen MR) is 79.4 cm³/mol. The van der Waals surface area contributed by atoms with Gasteiger partial charge < -0.3 is 22.5 Å². The molecule has 0 spiro atoms. The zero-order chi connectivity index (χ0) is 13.5. The smallest absolute Gasteiger partial charge is 0.123 e. The van der Waals surface area contributed by atoms with Crippen LogP contribution >= 0.6 is 0 Å². The van der Waals surface area contributed by atoms with Gasteiger partial charge in [-0.25, -0.2) is 0 Å². The average molecular weight is 291 g/mol. The van der Waals surface area contributed by atoms with E-state index in [1.807, 2.05) is 18.2 Å². The Labute approximate surface area is 127 Å². The highest BCUT2D eigenvalue weighted by Gasteiger charge is 2.00. The molecule has 2 rings (SSSR count). The highest BCUT2D eigenvalue weighted by molar-refractivity contribution is 5.33. The van der Waals surface area contributed by atoms with Crippen LogP contribution in [-0.2, 0) is 19.5 Å². The predicted octanol–water partition coefficient (Wildman–Crippen LogP) is 0.551. The molecule has 0 aliphatic rings. The van der Waals surface area contributed by atoms with Crippen LogP contribution in [0.15, 0.2) is 48.5 Å². The summed E-state index contributed by atoms with van der Waals surface area (Å²) in [6.07, 6.45) is 1.09. The number of rotatable bonds is 6. The van der Waals surface area contributed by atoms with Gasteiger partial charge in [-0.1, -0.05) is 49.4 Å². The van der Waals surface area contributed by atoms with E-state index in [0.29, 0.717) is 0 Å². The van der Waals surface area contributed by atoms with Gasteiger partial charge in [-0.2, -0.15) is 0 Å². The van der Waals surface area contributed by atoms with Crippen LogP contribution < -0.4 is 22.5 Å². The Kier molecular flexibility index (Phi) is 7.13. The number of nitrogens with one attached hydrogen (secondary N) is 1. The van der Waals surface area contributed by atoms with E-state index < -0.39 is 0 Å². The first-order valence-corrected chi connectivity index (χ1v) is 6.74. The highest BCUT2D eigenvalue weighted by atomic mass is 35.5. The van der Waals surface area contributed by atoms with Crippen molar-refractivity contribution < 1.29 is 17.1 Å². The van der Waals surface area contributed by atoms with E-state index in [2.05, 4.69) is 42.6 Å². The molecule has 0 aromatic heterocycles.